The quantitative estimate of drug-likeness (QED) is 0.0765. The zero-order valence-electron chi connectivity index (χ0n) is 24.1. The Bertz CT molecular complexity index is 2230. The van der Waals surface area contributed by atoms with Crippen LogP contribution in [0, 0.1) is 20.2 Å². The van der Waals surface area contributed by atoms with Crippen molar-refractivity contribution in [1.82, 2.24) is 7.94 Å². The average molecular weight is 731 g/mol. The van der Waals surface area contributed by atoms with E-state index < -0.39 is 81.6 Å². The second kappa shape index (κ2) is 11.8. The summed E-state index contributed by atoms with van der Waals surface area (Å²) < 4.78 is 133. The first-order chi connectivity index (χ1) is 21.2. The van der Waals surface area contributed by atoms with Crippen LogP contribution in [0.25, 0.3) is 21.8 Å². The molecule has 0 spiro atoms. The second-order valence-electron chi connectivity index (χ2n) is 10.6. The second-order valence-corrected chi connectivity index (χ2v) is 14.2. The van der Waals surface area contributed by atoms with Crippen molar-refractivity contribution in [3.8, 4) is 0 Å². The maximum absolute atomic E-state index is 13.1. The molecule has 0 bridgehead atoms. The van der Waals surface area contributed by atoms with E-state index in [0.29, 0.717) is 28.4 Å². The van der Waals surface area contributed by atoms with Crippen LogP contribution in [-0.4, -0.2) is 59.5 Å². The summed E-state index contributed by atoms with van der Waals surface area (Å²) in [6.07, 6.45) is -8.49. The molecule has 1 aliphatic heterocycles. The van der Waals surface area contributed by atoms with Crippen LogP contribution in [-0.2, 0) is 42.7 Å². The largest absolute Gasteiger partial charge is 0.423 e. The number of alkyl halides is 6. The number of nitro benzene ring substituents is 2. The van der Waals surface area contributed by atoms with Gasteiger partial charge in [-0.15, -0.1) is 0 Å². The van der Waals surface area contributed by atoms with Crippen LogP contribution in [0.2, 0.25) is 0 Å². The molecule has 1 fully saturated rings. The van der Waals surface area contributed by atoms with Crippen LogP contribution in [0.1, 0.15) is 48.6 Å². The fourth-order valence-corrected chi connectivity index (χ4v) is 6.95. The summed E-state index contributed by atoms with van der Waals surface area (Å²) in [6, 6.07) is 4.49. The first kappa shape index (κ1) is 37.9. The molecule has 3 heterocycles. The number of Topliss-reactive ketones (excluding diaryl/α,β-unsaturated/α-hetero) is 1. The third kappa shape index (κ3) is 6.99. The molecule has 2 aromatic heterocycles. The molecule has 1 atom stereocenters. The molecule has 4 aromatic rings. The lowest BCUT2D eigenvalue weighted by molar-refractivity contribution is -0.388. The van der Waals surface area contributed by atoms with E-state index in [4.69, 9.17) is 4.74 Å². The molecule has 2 aromatic carbocycles. The maximum atomic E-state index is 13.1. The van der Waals surface area contributed by atoms with E-state index in [-0.39, 0.29) is 41.7 Å². The number of ether oxygens (including phenoxy) is 1. The van der Waals surface area contributed by atoms with Crippen LogP contribution >= 0.6 is 0 Å². The Kier molecular flexibility index (Phi) is 9.34. The maximum Gasteiger partial charge on any atom is 0.423 e. The van der Waals surface area contributed by atoms with Crippen LogP contribution < -0.4 is 0 Å². The summed E-state index contributed by atoms with van der Waals surface area (Å²) in [5.41, 5.74) is -7.36. The molecule has 1 saturated heterocycles. The van der Waals surface area contributed by atoms with Crippen molar-refractivity contribution in [2.24, 2.45) is 0 Å². The van der Waals surface area contributed by atoms with Gasteiger partial charge in [-0.2, -0.15) is 26.3 Å². The number of aromatic nitrogens is 2. The SMILES string of the molecule is C.CC(=O)c1cc2cc([N+](=O)[O-])c(C(F)(F)F)cc2n1S(C)(=O)=O.CC1(c2cc3cc([N+](=O)[O-])c(C(F)(F)F)cc3n2S(C)(=O)=O)CO1. The van der Waals surface area contributed by atoms with Crippen molar-refractivity contribution >= 4 is 59.0 Å². The monoisotopic (exact) mass is 730 g/mol. The molecule has 0 amide bonds. The number of ketones is 1. The smallest absolute Gasteiger partial charge is 0.363 e. The molecule has 0 aliphatic carbocycles. The number of hydrogen-bond donors (Lipinski definition) is 0. The molecule has 0 saturated carbocycles. The van der Waals surface area contributed by atoms with E-state index in [1.165, 1.54) is 6.07 Å². The summed E-state index contributed by atoms with van der Waals surface area (Å²) in [4.78, 5) is 31.0. The lowest BCUT2D eigenvalue weighted by Gasteiger charge is -2.12. The molecule has 0 radical (unpaired) electrons. The number of nitrogens with zero attached hydrogens (tertiary/aromatic N) is 4. The summed E-state index contributed by atoms with van der Waals surface area (Å²) in [7, 11) is -8.05. The van der Waals surface area contributed by atoms with Gasteiger partial charge in [-0.3, -0.25) is 25.0 Å². The Balaban J connectivity index is 0.000000255. The van der Waals surface area contributed by atoms with Crippen LogP contribution in [0.3, 0.4) is 0 Å². The lowest BCUT2D eigenvalue weighted by Crippen LogP contribution is -2.18. The van der Waals surface area contributed by atoms with Crippen molar-refractivity contribution in [3.05, 3.63) is 79.1 Å². The number of carbonyl (C=O) groups excluding carboxylic acids is 1. The van der Waals surface area contributed by atoms with Crippen molar-refractivity contribution in [2.45, 2.75) is 39.2 Å². The molecule has 0 N–H and O–H groups in total. The fourth-order valence-electron chi connectivity index (χ4n) is 4.78. The average Bonchev–Trinajstić information content (AvgIpc) is 3.34. The van der Waals surface area contributed by atoms with Gasteiger partial charge in [-0.25, -0.2) is 24.8 Å². The van der Waals surface area contributed by atoms with E-state index >= 15 is 0 Å². The fraction of sp³-hybridized carbons (Fsp3) is 0.346. The van der Waals surface area contributed by atoms with Gasteiger partial charge in [0.15, 0.2) is 5.78 Å². The van der Waals surface area contributed by atoms with Gasteiger partial charge in [-0.1, -0.05) is 7.43 Å². The molecule has 22 heteroatoms. The molecular formula is C26H24F6N4O10S2. The molecule has 14 nitrogen and oxygen atoms in total. The molecule has 262 valence electrons. The van der Waals surface area contributed by atoms with Crippen molar-refractivity contribution in [2.75, 3.05) is 19.1 Å². The van der Waals surface area contributed by atoms with Crippen LogP contribution in [0.5, 0.6) is 0 Å². The lowest BCUT2D eigenvalue weighted by atomic mass is 10.1. The zero-order chi connectivity index (χ0) is 35.8. The van der Waals surface area contributed by atoms with E-state index in [0.717, 1.165) is 29.3 Å². The van der Waals surface area contributed by atoms with Gasteiger partial charge in [0.2, 0.25) is 20.0 Å². The third-order valence-electron chi connectivity index (χ3n) is 6.90. The highest BCUT2D eigenvalue weighted by Gasteiger charge is 2.47. The minimum atomic E-state index is -5.06. The topological polar surface area (TPSA) is 194 Å². The third-order valence-corrected chi connectivity index (χ3v) is 9.01. The minimum absolute atomic E-state index is 0. The van der Waals surface area contributed by atoms with Crippen molar-refractivity contribution in [1.29, 1.82) is 0 Å². The summed E-state index contributed by atoms with van der Waals surface area (Å²) in [5.74, 6) is -0.706. The normalized spacial score (nSPS) is 16.6. The van der Waals surface area contributed by atoms with Gasteiger partial charge in [0, 0.05) is 29.8 Å². The zero-order valence-corrected chi connectivity index (χ0v) is 25.8. The number of rotatable bonds is 6. The first-order valence-corrected chi connectivity index (χ1v) is 16.3. The summed E-state index contributed by atoms with van der Waals surface area (Å²) in [5, 5.41) is 21.7. The highest BCUT2D eigenvalue weighted by Crippen LogP contribution is 2.45. The van der Waals surface area contributed by atoms with Gasteiger partial charge in [-0.05, 0) is 31.2 Å². The molecular weight excluding hydrogens is 706 g/mol. The van der Waals surface area contributed by atoms with Crippen LogP contribution in [0.4, 0.5) is 37.7 Å². The number of fused-ring (bicyclic) bond motifs is 2. The number of carbonyl (C=O) groups is 1. The number of nitro groups is 2. The van der Waals surface area contributed by atoms with Gasteiger partial charge in [0.1, 0.15) is 22.4 Å². The Labute approximate surface area is 266 Å². The first-order valence-electron chi connectivity index (χ1n) is 12.6. The van der Waals surface area contributed by atoms with E-state index in [9.17, 15) is 68.2 Å². The highest BCUT2D eigenvalue weighted by atomic mass is 32.2. The molecule has 5 rings (SSSR count). The molecule has 1 aliphatic rings. The summed E-state index contributed by atoms with van der Waals surface area (Å²) in [6.45, 7) is 2.82. The van der Waals surface area contributed by atoms with E-state index in [1.54, 1.807) is 6.92 Å². The number of halogens is 6. The van der Waals surface area contributed by atoms with Gasteiger partial charge in [0.05, 0.1) is 45.7 Å². The van der Waals surface area contributed by atoms with Gasteiger partial charge in [0.25, 0.3) is 11.4 Å². The minimum Gasteiger partial charge on any atom is -0.363 e. The Morgan fingerprint density at radius 2 is 1.17 bits per heavy atom. The molecule has 1 unspecified atom stereocenters. The van der Waals surface area contributed by atoms with Crippen molar-refractivity contribution in [3.63, 3.8) is 0 Å². The number of benzene rings is 2. The predicted octanol–water partition coefficient (Wildman–Crippen LogP) is 5.84. The van der Waals surface area contributed by atoms with E-state index in [2.05, 4.69) is 0 Å². The Morgan fingerprint density at radius 1 is 0.792 bits per heavy atom. The van der Waals surface area contributed by atoms with E-state index in [1.807, 2.05) is 0 Å². The number of hydrogen-bond acceptors (Lipinski definition) is 10. The predicted molar refractivity (Wildman–Crippen MR) is 158 cm³/mol. The van der Waals surface area contributed by atoms with Gasteiger partial charge < -0.3 is 4.74 Å². The molecule has 48 heavy (non-hydrogen) atoms. The van der Waals surface area contributed by atoms with Crippen molar-refractivity contribution < 1.29 is 62.6 Å². The highest BCUT2D eigenvalue weighted by molar-refractivity contribution is 7.89. The standard InChI is InChI=1S/C13H11F3N2O5S.C12H9F3N2O5S.CH4/c1-12(6-23-12)11-4-7-3-10(18(19)20)8(13(14,15)16)5-9(7)17(11)24(2,21)22;1-6(18)9-3-7-4-11(17(19)20)8(12(13,14)15)5-10(7)16(9)23(2,21)22;/h3-5H,6H2,1-2H3;3-5H,1-2H3;1H4. The summed E-state index contributed by atoms with van der Waals surface area (Å²) >= 11 is 0. The number of epoxide rings is 1. The Morgan fingerprint density at radius 3 is 1.48 bits per heavy atom. The Hall–Kier alpha value is -4.57. The van der Waals surface area contributed by atoms with Crippen LogP contribution in [0.15, 0.2) is 36.4 Å². The van der Waals surface area contributed by atoms with Gasteiger partial charge >= 0.3 is 12.4 Å².